The first kappa shape index (κ1) is 12.4. The highest BCUT2D eigenvalue weighted by atomic mass is 35.5. The van der Waals surface area contributed by atoms with Crippen molar-refractivity contribution in [2.75, 3.05) is 0 Å². The van der Waals surface area contributed by atoms with Gasteiger partial charge in [0.25, 0.3) is 0 Å². The number of carboxylic acids is 1. The van der Waals surface area contributed by atoms with Gasteiger partial charge in [-0.2, -0.15) is 5.10 Å². The molecule has 0 fully saturated rings. The van der Waals surface area contributed by atoms with Crippen molar-refractivity contribution in [1.82, 2.24) is 14.8 Å². The molecule has 7 heteroatoms. The van der Waals surface area contributed by atoms with Crippen LogP contribution < -0.4 is 0 Å². The minimum absolute atomic E-state index is 0.123. The quantitative estimate of drug-likeness (QED) is 0.802. The monoisotopic (exact) mass is 289 g/mol. The Morgan fingerprint density at radius 1 is 1.35 bits per heavy atom. The Labute approximate surface area is 118 Å². The van der Waals surface area contributed by atoms with Gasteiger partial charge in [0.2, 0.25) is 0 Å². The maximum Gasteiger partial charge on any atom is 0.357 e. The van der Waals surface area contributed by atoms with Gasteiger partial charge in [-0.15, -0.1) is 0 Å². The van der Waals surface area contributed by atoms with E-state index in [1.165, 1.54) is 17.1 Å². The number of furan rings is 1. The average molecular weight is 290 g/mol. The fraction of sp³-hybridized carbons (Fsp3) is 0. The fourth-order valence-corrected chi connectivity index (χ4v) is 2.01. The predicted molar refractivity (Wildman–Crippen MR) is 71.0 cm³/mol. The Balaban J connectivity index is 2.18. The van der Waals surface area contributed by atoms with Gasteiger partial charge in [0, 0.05) is 12.4 Å². The molecular weight excluding hydrogens is 282 g/mol. The molecule has 3 rings (SSSR count). The second-order valence-corrected chi connectivity index (χ2v) is 4.33. The third kappa shape index (κ3) is 2.06. The van der Waals surface area contributed by atoms with Gasteiger partial charge in [0.05, 0.1) is 16.8 Å². The summed E-state index contributed by atoms with van der Waals surface area (Å²) in [5, 5.41) is 13.6. The van der Waals surface area contributed by atoms with E-state index in [0.717, 1.165) is 0 Å². The summed E-state index contributed by atoms with van der Waals surface area (Å²) in [5.41, 5.74) is 0.242. The molecule has 0 aliphatic heterocycles. The Morgan fingerprint density at radius 2 is 2.20 bits per heavy atom. The molecule has 0 aliphatic rings. The van der Waals surface area contributed by atoms with Crippen LogP contribution in [0.2, 0.25) is 5.02 Å². The summed E-state index contributed by atoms with van der Waals surface area (Å²) in [6, 6.07) is 6.67. The standard InChI is InChI=1S/C13H8ClN3O3/c14-9-3-1-5-15-12(9)17-7-8(10-4-2-6-20-10)11(16-17)13(18)19/h1-7H,(H,18,19). The van der Waals surface area contributed by atoms with E-state index < -0.39 is 5.97 Å². The maximum absolute atomic E-state index is 11.3. The van der Waals surface area contributed by atoms with Crippen LogP contribution in [0.5, 0.6) is 0 Å². The first-order chi connectivity index (χ1) is 9.66. The van der Waals surface area contributed by atoms with E-state index in [4.69, 9.17) is 16.0 Å². The Morgan fingerprint density at radius 3 is 2.85 bits per heavy atom. The molecule has 6 nitrogen and oxygen atoms in total. The van der Waals surface area contributed by atoms with Crippen LogP contribution in [0, 0.1) is 0 Å². The molecule has 1 N–H and O–H groups in total. The van der Waals surface area contributed by atoms with Crippen LogP contribution in [0.25, 0.3) is 17.1 Å². The number of aromatic nitrogens is 3. The summed E-state index contributed by atoms with van der Waals surface area (Å²) in [6.45, 7) is 0. The molecule has 0 bridgehead atoms. The molecule has 0 aliphatic carbocycles. The lowest BCUT2D eigenvalue weighted by molar-refractivity contribution is 0.0690. The first-order valence-electron chi connectivity index (χ1n) is 5.64. The number of aromatic carboxylic acids is 1. The second kappa shape index (κ2) is 4.82. The first-order valence-corrected chi connectivity index (χ1v) is 6.02. The van der Waals surface area contributed by atoms with Crippen LogP contribution in [0.1, 0.15) is 10.5 Å². The van der Waals surface area contributed by atoms with Crippen LogP contribution in [0.4, 0.5) is 0 Å². The van der Waals surface area contributed by atoms with Crippen molar-refractivity contribution in [3.8, 4) is 17.1 Å². The van der Waals surface area contributed by atoms with Crippen molar-refractivity contribution in [1.29, 1.82) is 0 Å². The van der Waals surface area contributed by atoms with E-state index in [0.29, 0.717) is 22.2 Å². The van der Waals surface area contributed by atoms with Gasteiger partial charge in [-0.3, -0.25) is 0 Å². The number of hydrogen-bond acceptors (Lipinski definition) is 4. The summed E-state index contributed by atoms with van der Waals surface area (Å²) in [5.74, 6) is -0.377. The van der Waals surface area contributed by atoms with Gasteiger partial charge in [-0.1, -0.05) is 11.6 Å². The van der Waals surface area contributed by atoms with Crippen LogP contribution in [0.15, 0.2) is 47.3 Å². The van der Waals surface area contributed by atoms with E-state index in [2.05, 4.69) is 10.1 Å². The fourth-order valence-electron chi connectivity index (χ4n) is 1.80. The zero-order valence-corrected chi connectivity index (χ0v) is 10.8. The summed E-state index contributed by atoms with van der Waals surface area (Å²) < 4.78 is 6.54. The zero-order valence-electron chi connectivity index (χ0n) is 10.0. The van der Waals surface area contributed by atoms with Crippen molar-refractivity contribution in [3.63, 3.8) is 0 Å². The average Bonchev–Trinajstić information content (AvgIpc) is 3.08. The number of nitrogens with zero attached hydrogens (tertiary/aromatic N) is 3. The van der Waals surface area contributed by atoms with Gasteiger partial charge in [-0.25, -0.2) is 14.5 Å². The number of pyridine rings is 1. The van der Waals surface area contributed by atoms with E-state index in [9.17, 15) is 9.90 Å². The van der Waals surface area contributed by atoms with Gasteiger partial charge < -0.3 is 9.52 Å². The van der Waals surface area contributed by atoms with Gasteiger partial charge in [0.15, 0.2) is 11.5 Å². The van der Waals surface area contributed by atoms with Crippen molar-refractivity contribution >= 4 is 17.6 Å². The summed E-state index contributed by atoms with van der Waals surface area (Å²) >= 11 is 6.03. The molecule has 0 radical (unpaired) electrons. The molecule has 100 valence electrons. The second-order valence-electron chi connectivity index (χ2n) is 3.93. The van der Waals surface area contributed by atoms with E-state index in [1.807, 2.05) is 0 Å². The van der Waals surface area contributed by atoms with E-state index in [1.54, 1.807) is 30.5 Å². The molecule has 0 aromatic carbocycles. The third-order valence-corrected chi connectivity index (χ3v) is 2.95. The summed E-state index contributed by atoms with van der Waals surface area (Å²) in [4.78, 5) is 15.4. The number of halogens is 1. The largest absolute Gasteiger partial charge is 0.476 e. The Kier molecular flexibility index (Phi) is 3.00. The SMILES string of the molecule is O=C(O)c1nn(-c2ncccc2Cl)cc1-c1ccco1. The van der Waals surface area contributed by atoms with Crippen molar-refractivity contribution in [2.45, 2.75) is 0 Å². The minimum Gasteiger partial charge on any atom is -0.476 e. The third-order valence-electron chi connectivity index (χ3n) is 2.66. The molecule has 0 saturated heterocycles. The molecule has 0 amide bonds. The van der Waals surface area contributed by atoms with E-state index in [-0.39, 0.29) is 5.69 Å². The Hall–Kier alpha value is -2.60. The highest BCUT2D eigenvalue weighted by Gasteiger charge is 2.20. The molecule has 0 atom stereocenters. The predicted octanol–water partition coefficient (Wildman–Crippen LogP) is 2.88. The number of rotatable bonds is 3. The highest BCUT2D eigenvalue weighted by Crippen LogP contribution is 2.26. The van der Waals surface area contributed by atoms with Crippen LogP contribution in [0.3, 0.4) is 0 Å². The number of carbonyl (C=O) groups is 1. The van der Waals surface area contributed by atoms with Crippen molar-refractivity contribution < 1.29 is 14.3 Å². The topological polar surface area (TPSA) is 81.1 Å². The number of carboxylic acid groups (broad SMARTS) is 1. The molecule has 0 spiro atoms. The molecule has 3 aromatic heterocycles. The van der Waals surface area contributed by atoms with Gasteiger partial charge in [-0.05, 0) is 24.3 Å². The van der Waals surface area contributed by atoms with E-state index >= 15 is 0 Å². The highest BCUT2D eigenvalue weighted by molar-refractivity contribution is 6.32. The van der Waals surface area contributed by atoms with Gasteiger partial charge >= 0.3 is 5.97 Å². The lowest BCUT2D eigenvalue weighted by atomic mass is 10.2. The number of hydrogen-bond donors (Lipinski definition) is 1. The molecule has 0 saturated carbocycles. The molecule has 3 heterocycles. The normalized spacial score (nSPS) is 10.7. The van der Waals surface area contributed by atoms with Crippen LogP contribution in [-0.2, 0) is 0 Å². The van der Waals surface area contributed by atoms with Crippen LogP contribution >= 0.6 is 11.6 Å². The van der Waals surface area contributed by atoms with Crippen molar-refractivity contribution in [3.05, 3.63) is 53.6 Å². The van der Waals surface area contributed by atoms with Gasteiger partial charge in [0.1, 0.15) is 5.76 Å². The van der Waals surface area contributed by atoms with Crippen molar-refractivity contribution in [2.24, 2.45) is 0 Å². The smallest absolute Gasteiger partial charge is 0.357 e. The minimum atomic E-state index is -1.15. The lowest BCUT2D eigenvalue weighted by Gasteiger charge is -2.00. The Bertz CT molecular complexity index is 765. The molecular formula is C13H8ClN3O3. The lowest BCUT2D eigenvalue weighted by Crippen LogP contribution is -2.03. The maximum atomic E-state index is 11.3. The zero-order chi connectivity index (χ0) is 14.1. The molecule has 3 aromatic rings. The molecule has 0 unspecified atom stereocenters. The molecule has 20 heavy (non-hydrogen) atoms. The van der Waals surface area contributed by atoms with Crippen LogP contribution in [-0.4, -0.2) is 25.8 Å². The summed E-state index contributed by atoms with van der Waals surface area (Å²) in [6.07, 6.45) is 4.54. The summed E-state index contributed by atoms with van der Waals surface area (Å²) in [7, 11) is 0.